The number of aryl methyl sites for hydroxylation is 2. The third-order valence-corrected chi connectivity index (χ3v) is 4.85. The third kappa shape index (κ3) is 3.41. The minimum absolute atomic E-state index is 0.130. The topological polar surface area (TPSA) is 26.0 Å². The lowest BCUT2D eigenvalue weighted by Crippen LogP contribution is -2.10. The highest BCUT2D eigenvalue weighted by Crippen LogP contribution is 2.30. The molecule has 0 aliphatic heterocycles. The first-order chi connectivity index (χ1) is 8.16. The first-order valence-corrected chi connectivity index (χ1v) is 7.38. The molecule has 1 aromatic heterocycles. The highest BCUT2D eigenvalue weighted by atomic mass is 79.9. The molecular formula is C14H16BrNS. The Morgan fingerprint density at radius 1 is 1.24 bits per heavy atom. The summed E-state index contributed by atoms with van der Waals surface area (Å²) >= 11 is 5.26. The highest BCUT2D eigenvalue weighted by Gasteiger charge is 2.11. The number of hydrogen-bond acceptors (Lipinski definition) is 2. The van der Waals surface area contributed by atoms with Crippen molar-refractivity contribution in [1.29, 1.82) is 0 Å². The molecule has 0 saturated carbocycles. The van der Waals surface area contributed by atoms with Crippen LogP contribution in [-0.2, 0) is 6.42 Å². The second-order valence-corrected chi connectivity index (χ2v) is 6.07. The molecular weight excluding hydrogens is 294 g/mol. The number of thiophene rings is 1. The molecule has 0 bridgehead atoms. The SMILES string of the molecule is Cc1ccc(CCC(N)c2sccc2Br)cc1. The maximum absolute atomic E-state index is 6.20. The third-order valence-electron chi connectivity index (χ3n) is 2.85. The second-order valence-electron chi connectivity index (χ2n) is 4.26. The Bertz CT molecular complexity index is 475. The van der Waals surface area contributed by atoms with E-state index in [9.17, 15) is 0 Å². The van der Waals surface area contributed by atoms with Crippen LogP contribution in [0.25, 0.3) is 0 Å². The molecule has 2 rings (SSSR count). The van der Waals surface area contributed by atoms with E-state index in [-0.39, 0.29) is 6.04 Å². The summed E-state index contributed by atoms with van der Waals surface area (Å²) in [4.78, 5) is 1.25. The minimum Gasteiger partial charge on any atom is -0.323 e. The van der Waals surface area contributed by atoms with Crippen LogP contribution >= 0.6 is 27.3 Å². The number of halogens is 1. The van der Waals surface area contributed by atoms with Crippen LogP contribution in [0.5, 0.6) is 0 Å². The molecule has 90 valence electrons. The van der Waals surface area contributed by atoms with Crippen LogP contribution in [-0.4, -0.2) is 0 Å². The molecule has 3 heteroatoms. The van der Waals surface area contributed by atoms with Crippen LogP contribution in [0.2, 0.25) is 0 Å². The molecule has 17 heavy (non-hydrogen) atoms. The van der Waals surface area contributed by atoms with Crippen molar-refractivity contribution in [2.24, 2.45) is 5.73 Å². The Kier molecular flexibility index (Phi) is 4.37. The Morgan fingerprint density at radius 3 is 2.53 bits per heavy atom. The van der Waals surface area contributed by atoms with Crippen LogP contribution in [0, 0.1) is 6.92 Å². The van der Waals surface area contributed by atoms with Crippen molar-refractivity contribution >= 4 is 27.3 Å². The van der Waals surface area contributed by atoms with Gasteiger partial charge in [-0.05, 0) is 52.7 Å². The summed E-state index contributed by atoms with van der Waals surface area (Å²) in [5.74, 6) is 0. The molecule has 0 fully saturated rings. The first kappa shape index (κ1) is 12.8. The summed E-state index contributed by atoms with van der Waals surface area (Å²) in [6, 6.07) is 10.9. The van der Waals surface area contributed by atoms with E-state index in [2.05, 4.69) is 58.6 Å². The summed E-state index contributed by atoms with van der Waals surface area (Å²) in [6.45, 7) is 2.11. The molecule has 0 spiro atoms. The van der Waals surface area contributed by atoms with Crippen molar-refractivity contribution in [3.63, 3.8) is 0 Å². The maximum atomic E-state index is 6.20. The maximum Gasteiger partial charge on any atom is 0.0404 e. The quantitative estimate of drug-likeness (QED) is 0.887. The summed E-state index contributed by atoms with van der Waals surface area (Å²) in [7, 11) is 0. The van der Waals surface area contributed by atoms with Crippen LogP contribution in [0.15, 0.2) is 40.2 Å². The van der Waals surface area contributed by atoms with E-state index in [4.69, 9.17) is 5.73 Å². The molecule has 2 N–H and O–H groups in total. The zero-order valence-corrected chi connectivity index (χ0v) is 12.2. The largest absolute Gasteiger partial charge is 0.323 e. The molecule has 1 unspecified atom stereocenters. The van der Waals surface area contributed by atoms with E-state index in [0.29, 0.717) is 0 Å². The molecule has 0 radical (unpaired) electrons. The average molecular weight is 310 g/mol. The molecule has 1 nitrogen and oxygen atoms in total. The number of rotatable bonds is 4. The van der Waals surface area contributed by atoms with Gasteiger partial charge in [-0.1, -0.05) is 29.8 Å². The van der Waals surface area contributed by atoms with E-state index in [1.807, 2.05) is 0 Å². The van der Waals surface area contributed by atoms with Crippen molar-refractivity contribution in [3.05, 3.63) is 56.2 Å². The van der Waals surface area contributed by atoms with E-state index in [0.717, 1.165) is 17.3 Å². The van der Waals surface area contributed by atoms with Crippen molar-refractivity contribution < 1.29 is 0 Å². The van der Waals surface area contributed by atoms with Crippen molar-refractivity contribution in [3.8, 4) is 0 Å². The first-order valence-electron chi connectivity index (χ1n) is 5.71. The molecule has 0 saturated heterocycles. The van der Waals surface area contributed by atoms with Gasteiger partial charge in [0.25, 0.3) is 0 Å². The van der Waals surface area contributed by atoms with E-state index in [1.165, 1.54) is 16.0 Å². The van der Waals surface area contributed by atoms with Gasteiger partial charge in [0.15, 0.2) is 0 Å². The standard InChI is InChI=1S/C14H16BrNS/c1-10-2-4-11(5-3-10)6-7-13(16)14-12(15)8-9-17-14/h2-5,8-9,13H,6-7,16H2,1H3. The number of hydrogen-bond donors (Lipinski definition) is 1. The van der Waals surface area contributed by atoms with Gasteiger partial charge in [0.1, 0.15) is 0 Å². The fraction of sp³-hybridized carbons (Fsp3) is 0.286. The summed E-state index contributed by atoms with van der Waals surface area (Å²) < 4.78 is 1.14. The monoisotopic (exact) mass is 309 g/mol. The zero-order valence-electron chi connectivity index (χ0n) is 9.82. The smallest absolute Gasteiger partial charge is 0.0404 e. The van der Waals surface area contributed by atoms with E-state index < -0.39 is 0 Å². The summed E-state index contributed by atoms with van der Waals surface area (Å²) in [5.41, 5.74) is 8.86. The molecule has 0 aliphatic carbocycles. The van der Waals surface area contributed by atoms with Crippen molar-refractivity contribution in [2.45, 2.75) is 25.8 Å². The lowest BCUT2D eigenvalue weighted by molar-refractivity contribution is 0.660. The normalized spacial score (nSPS) is 12.6. The second kappa shape index (κ2) is 5.80. The molecule has 2 aromatic rings. The van der Waals surface area contributed by atoms with Gasteiger partial charge in [-0.2, -0.15) is 0 Å². The van der Waals surface area contributed by atoms with Crippen molar-refractivity contribution in [2.75, 3.05) is 0 Å². The van der Waals surface area contributed by atoms with Crippen LogP contribution in [0.4, 0.5) is 0 Å². The van der Waals surface area contributed by atoms with Crippen molar-refractivity contribution in [1.82, 2.24) is 0 Å². The zero-order chi connectivity index (χ0) is 12.3. The van der Waals surface area contributed by atoms with Gasteiger partial charge in [0, 0.05) is 15.4 Å². The number of nitrogens with two attached hydrogens (primary N) is 1. The highest BCUT2D eigenvalue weighted by molar-refractivity contribution is 9.10. The van der Waals surface area contributed by atoms with Gasteiger partial charge >= 0.3 is 0 Å². The van der Waals surface area contributed by atoms with E-state index >= 15 is 0 Å². The molecule has 0 aliphatic rings. The molecule has 1 atom stereocenters. The Labute approximate surface area is 115 Å². The summed E-state index contributed by atoms with van der Waals surface area (Å²) in [6.07, 6.45) is 2.02. The van der Waals surface area contributed by atoms with Gasteiger partial charge in [-0.25, -0.2) is 0 Å². The van der Waals surface area contributed by atoms with E-state index in [1.54, 1.807) is 11.3 Å². The van der Waals surface area contributed by atoms with Gasteiger partial charge in [-0.15, -0.1) is 11.3 Å². The van der Waals surface area contributed by atoms with Gasteiger partial charge in [-0.3, -0.25) is 0 Å². The van der Waals surface area contributed by atoms with Crippen LogP contribution in [0.3, 0.4) is 0 Å². The Morgan fingerprint density at radius 2 is 1.94 bits per heavy atom. The van der Waals surface area contributed by atoms with Crippen LogP contribution in [0.1, 0.15) is 28.5 Å². The Hall–Kier alpha value is -0.640. The van der Waals surface area contributed by atoms with Gasteiger partial charge in [0.2, 0.25) is 0 Å². The lowest BCUT2D eigenvalue weighted by atomic mass is 10.0. The number of benzene rings is 1. The van der Waals surface area contributed by atoms with Crippen LogP contribution < -0.4 is 5.73 Å². The minimum atomic E-state index is 0.130. The van der Waals surface area contributed by atoms with Gasteiger partial charge in [0.05, 0.1) is 0 Å². The molecule has 0 amide bonds. The lowest BCUT2D eigenvalue weighted by Gasteiger charge is -2.10. The fourth-order valence-electron chi connectivity index (χ4n) is 1.78. The summed E-state index contributed by atoms with van der Waals surface area (Å²) in [5, 5.41) is 2.07. The van der Waals surface area contributed by atoms with Gasteiger partial charge < -0.3 is 5.73 Å². The average Bonchev–Trinajstić information content (AvgIpc) is 2.74. The predicted molar refractivity (Wildman–Crippen MR) is 78.4 cm³/mol. The molecule has 1 aromatic carbocycles. The molecule has 1 heterocycles. The Balaban J connectivity index is 1.94. The fourth-order valence-corrected chi connectivity index (χ4v) is 3.48. The predicted octanol–water partition coefficient (Wildman–Crippen LogP) is 4.45.